The number of imidazole rings is 1. The fourth-order valence-corrected chi connectivity index (χ4v) is 3.37. The number of aromatic nitrogens is 2. The van der Waals surface area contributed by atoms with Crippen molar-refractivity contribution in [1.82, 2.24) is 9.55 Å². The van der Waals surface area contributed by atoms with E-state index in [-0.39, 0.29) is 11.7 Å². The Bertz CT molecular complexity index is 796. The molecule has 1 amide bonds. The molecular formula is C16H21N3O3S. The number of hydrogen-bond donors (Lipinski definition) is 1. The van der Waals surface area contributed by atoms with E-state index in [0.717, 1.165) is 17.6 Å². The Balaban J connectivity index is 2.05. The van der Waals surface area contributed by atoms with Gasteiger partial charge >= 0.3 is 0 Å². The van der Waals surface area contributed by atoms with Crippen LogP contribution in [0.4, 0.5) is 5.69 Å². The van der Waals surface area contributed by atoms with Gasteiger partial charge in [-0.1, -0.05) is 19.1 Å². The predicted molar refractivity (Wildman–Crippen MR) is 90.0 cm³/mol. The van der Waals surface area contributed by atoms with E-state index in [1.807, 2.05) is 35.9 Å². The third-order valence-corrected chi connectivity index (χ3v) is 4.58. The van der Waals surface area contributed by atoms with Crippen molar-refractivity contribution in [1.29, 1.82) is 0 Å². The number of rotatable bonds is 6. The van der Waals surface area contributed by atoms with Crippen molar-refractivity contribution in [2.75, 3.05) is 17.3 Å². The molecule has 2 rings (SSSR count). The summed E-state index contributed by atoms with van der Waals surface area (Å²) in [5.74, 6) is -0.135. The van der Waals surface area contributed by atoms with Crippen LogP contribution in [-0.4, -0.2) is 35.9 Å². The van der Waals surface area contributed by atoms with Crippen LogP contribution in [0.3, 0.4) is 0 Å². The second kappa shape index (κ2) is 6.95. The van der Waals surface area contributed by atoms with E-state index < -0.39 is 15.8 Å². The number of amides is 1. The van der Waals surface area contributed by atoms with E-state index in [1.165, 1.54) is 0 Å². The van der Waals surface area contributed by atoms with Gasteiger partial charge in [-0.15, -0.1) is 0 Å². The lowest BCUT2D eigenvalue weighted by molar-refractivity contribution is -0.118. The first-order valence-electron chi connectivity index (χ1n) is 7.30. The van der Waals surface area contributed by atoms with Crippen LogP contribution in [0.15, 0.2) is 36.7 Å². The smallest absolute Gasteiger partial charge is 0.228 e. The van der Waals surface area contributed by atoms with E-state index >= 15 is 0 Å². The highest BCUT2D eigenvalue weighted by Gasteiger charge is 2.18. The summed E-state index contributed by atoms with van der Waals surface area (Å²) in [5, 5.41) is 2.77. The molecule has 6 nitrogen and oxygen atoms in total. The van der Waals surface area contributed by atoms with Gasteiger partial charge in [0.15, 0.2) is 0 Å². The van der Waals surface area contributed by atoms with Crippen LogP contribution in [0.5, 0.6) is 0 Å². The molecule has 0 saturated carbocycles. The monoisotopic (exact) mass is 335 g/mol. The first kappa shape index (κ1) is 17.2. The molecule has 0 fully saturated rings. The molecule has 0 radical (unpaired) electrons. The first-order chi connectivity index (χ1) is 10.7. The van der Waals surface area contributed by atoms with Gasteiger partial charge in [-0.25, -0.2) is 13.4 Å². The Labute approximate surface area is 136 Å². The van der Waals surface area contributed by atoms with Crippen LogP contribution in [0.2, 0.25) is 0 Å². The van der Waals surface area contributed by atoms with E-state index in [1.54, 1.807) is 19.2 Å². The molecule has 1 aromatic carbocycles. The predicted octanol–water partition coefficient (Wildman–Crippen LogP) is 1.86. The Hall–Kier alpha value is -2.15. The fourth-order valence-electron chi connectivity index (χ4n) is 2.31. The maximum atomic E-state index is 12.1. The zero-order valence-electron chi connectivity index (χ0n) is 13.5. The highest BCUT2D eigenvalue weighted by molar-refractivity contribution is 7.90. The van der Waals surface area contributed by atoms with Crippen molar-refractivity contribution in [3.05, 3.63) is 48.0 Å². The SMILES string of the molecule is Cc1nccn1Cc1cccc(NC(=O)[C@@H](C)CS(C)(=O)=O)c1. The second-order valence-electron chi connectivity index (χ2n) is 5.79. The molecule has 0 bridgehead atoms. The van der Waals surface area contributed by atoms with E-state index in [2.05, 4.69) is 10.3 Å². The number of carbonyl (C=O) groups excluding carboxylic acids is 1. The van der Waals surface area contributed by atoms with Crippen molar-refractivity contribution >= 4 is 21.4 Å². The van der Waals surface area contributed by atoms with Crippen molar-refractivity contribution in [3.8, 4) is 0 Å². The van der Waals surface area contributed by atoms with Gasteiger partial charge in [0.25, 0.3) is 0 Å². The number of hydrogen-bond acceptors (Lipinski definition) is 4. The molecule has 0 aliphatic rings. The van der Waals surface area contributed by atoms with Gasteiger partial charge in [-0.05, 0) is 24.6 Å². The molecule has 0 spiro atoms. The molecule has 1 atom stereocenters. The summed E-state index contributed by atoms with van der Waals surface area (Å²) in [5.41, 5.74) is 1.69. The van der Waals surface area contributed by atoms with Crippen molar-refractivity contribution in [3.63, 3.8) is 0 Å². The minimum absolute atomic E-state index is 0.160. The average molecular weight is 335 g/mol. The highest BCUT2D eigenvalue weighted by atomic mass is 32.2. The second-order valence-corrected chi connectivity index (χ2v) is 7.97. The van der Waals surface area contributed by atoms with Gasteiger partial charge in [0, 0.05) is 36.8 Å². The van der Waals surface area contributed by atoms with Crippen LogP contribution in [0, 0.1) is 12.8 Å². The van der Waals surface area contributed by atoms with Crippen molar-refractivity contribution < 1.29 is 13.2 Å². The molecule has 1 N–H and O–H groups in total. The van der Waals surface area contributed by atoms with Crippen molar-refractivity contribution in [2.45, 2.75) is 20.4 Å². The third kappa shape index (κ3) is 5.21. The standard InChI is InChI=1S/C16H21N3O3S/c1-12(11-23(3,21)22)16(20)18-15-6-4-5-14(9-15)10-19-8-7-17-13(19)2/h4-9,12H,10-11H2,1-3H3,(H,18,20)/t12-/m0/s1. The minimum Gasteiger partial charge on any atom is -0.331 e. The van der Waals surface area contributed by atoms with Crippen LogP contribution in [0.1, 0.15) is 18.3 Å². The number of nitrogens with zero attached hydrogens (tertiary/aromatic N) is 2. The van der Waals surface area contributed by atoms with Crippen LogP contribution in [0.25, 0.3) is 0 Å². The zero-order chi connectivity index (χ0) is 17.0. The van der Waals surface area contributed by atoms with Crippen LogP contribution >= 0.6 is 0 Å². The summed E-state index contributed by atoms with van der Waals surface area (Å²) < 4.78 is 24.6. The van der Waals surface area contributed by atoms with Crippen LogP contribution < -0.4 is 5.32 Å². The van der Waals surface area contributed by atoms with E-state index in [4.69, 9.17) is 0 Å². The zero-order valence-corrected chi connectivity index (χ0v) is 14.3. The van der Waals surface area contributed by atoms with E-state index in [0.29, 0.717) is 12.2 Å². The summed E-state index contributed by atoms with van der Waals surface area (Å²) in [7, 11) is -3.18. The lowest BCUT2D eigenvalue weighted by Gasteiger charge is -2.12. The molecule has 23 heavy (non-hydrogen) atoms. The molecule has 0 aliphatic carbocycles. The minimum atomic E-state index is -3.18. The molecule has 2 aromatic rings. The maximum absolute atomic E-state index is 12.1. The molecule has 0 unspecified atom stereocenters. The van der Waals surface area contributed by atoms with Crippen molar-refractivity contribution in [2.24, 2.45) is 5.92 Å². The third-order valence-electron chi connectivity index (χ3n) is 3.47. The molecular weight excluding hydrogens is 314 g/mol. The fraction of sp³-hybridized carbons (Fsp3) is 0.375. The van der Waals surface area contributed by atoms with Gasteiger partial charge in [0.05, 0.1) is 5.75 Å². The summed E-state index contributed by atoms with van der Waals surface area (Å²) in [6.45, 7) is 4.20. The molecule has 0 saturated heterocycles. The quantitative estimate of drug-likeness (QED) is 0.873. The summed E-state index contributed by atoms with van der Waals surface area (Å²) >= 11 is 0. The number of benzene rings is 1. The van der Waals surface area contributed by atoms with E-state index in [9.17, 15) is 13.2 Å². The largest absolute Gasteiger partial charge is 0.331 e. The number of carbonyl (C=O) groups is 1. The van der Waals surface area contributed by atoms with Gasteiger partial charge in [-0.3, -0.25) is 4.79 Å². The highest BCUT2D eigenvalue weighted by Crippen LogP contribution is 2.14. The molecule has 0 aliphatic heterocycles. The number of sulfone groups is 1. The molecule has 7 heteroatoms. The first-order valence-corrected chi connectivity index (χ1v) is 9.36. The number of anilines is 1. The average Bonchev–Trinajstić information content (AvgIpc) is 2.83. The topological polar surface area (TPSA) is 81.1 Å². The maximum Gasteiger partial charge on any atom is 0.228 e. The summed E-state index contributed by atoms with van der Waals surface area (Å²) in [4.78, 5) is 16.3. The molecule has 1 aromatic heterocycles. The van der Waals surface area contributed by atoms with Crippen LogP contribution in [-0.2, 0) is 21.2 Å². The Morgan fingerprint density at radius 3 is 2.74 bits per heavy atom. The number of nitrogens with one attached hydrogen (secondary N) is 1. The Morgan fingerprint density at radius 2 is 2.13 bits per heavy atom. The molecule has 124 valence electrons. The van der Waals surface area contributed by atoms with Gasteiger partial charge in [0.2, 0.25) is 5.91 Å². The summed E-state index contributed by atoms with van der Waals surface area (Å²) in [6, 6.07) is 7.49. The normalized spacial score (nSPS) is 12.8. The molecule has 1 heterocycles. The van der Waals surface area contributed by atoms with Gasteiger partial charge < -0.3 is 9.88 Å². The Morgan fingerprint density at radius 1 is 1.39 bits per heavy atom. The lowest BCUT2D eigenvalue weighted by Crippen LogP contribution is -2.26. The van der Waals surface area contributed by atoms with Gasteiger partial charge in [-0.2, -0.15) is 0 Å². The van der Waals surface area contributed by atoms with Gasteiger partial charge in [0.1, 0.15) is 15.7 Å². The number of aryl methyl sites for hydroxylation is 1. The lowest BCUT2D eigenvalue weighted by atomic mass is 10.1. The Kier molecular flexibility index (Phi) is 5.20. The summed E-state index contributed by atoms with van der Waals surface area (Å²) in [6.07, 6.45) is 4.77.